The minimum atomic E-state index is 0.188. The molecule has 0 aliphatic heterocycles. The fourth-order valence-corrected chi connectivity index (χ4v) is 1.77. The van der Waals surface area contributed by atoms with E-state index in [0.29, 0.717) is 5.92 Å². The summed E-state index contributed by atoms with van der Waals surface area (Å²) in [5, 5.41) is 0. The predicted molar refractivity (Wildman–Crippen MR) is 51.4 cm³/mol. The van der Waals surface area contributed by atoms with Crippen LogP contribution in [-0.2, 0) is 4.79 Å². The maximum absolute atomic E-state index is 11.2. The number of nitrogens with two attached hydrogens (primary N) is 1. The Bertz CT molecular complexity index is 307. The van der Waals surface area contributed by atoms with Gasteiger partial charge in [-0.3, -0.25) is 4.79 Å². The zero-order chi connectivity index (χ0) is 9.26. The van der Waals surface area contributed by atoms with Crippen molar-refractivity contribution in [3.63, 3.8) is 0 Å². The number of hydrogen-bond acceptors (Lipinski definition) is 2. The van der Waals surface area contributed by atoms with Gasteiger partial charge < -0.3 is 5.73 Å². The van der Waals surface area contributed by atoms with E-state index in [9.17, 15) is 4.79 Å². The maximum Gasteiger partial charge on any atom is 0.150 e. The van der Waals surface area contributed by atoms with E-state index >= 15 is 0 Å². The summed E-state index contributed by atoms with van der Waals surface area (Å²) in [5.41, 5.74) is 6.58. The van der Waals surface area contributed by atoms with Crippen LogP contribution in [0.2, 0.25) is 0 Å². The van der Waals surface area contributed by atoms with Crippen molar-refractivity contribution in [2.24, 2.45) is 11.7 Å². The first kappa shape index (κ1) is 8.45. The summed E-state index contributed by atoms with van der Waals surface area (Å²) in [7, 11) is 0. The highest BCUT2D eigenvalue weighted by atomic mass is 16.1. The topological polar surface area (TPSA) is 43.1 Å². The molecule has 1 aromatic carbocycles. The van der Waals surface area contributed by atoms with Crippen LogP contribution in [0.5, 0.6) is 0 Å². The van der Waals surface area contributed by atoms with Gasteiger partial charge in [0.25, 0.3) is 0 Å². The van der Waals surface area contributed by atoms with E-state index in [-0.39, 0.29) is 18.2 Å². The highest BCUT2D eigenvalue weighted by Gasteiger charge is 2.42. The van der Waals surface area contributed by atoms with Crippen LogP contribution in [-0.4, -0.2) is 12.3 Å². The number of carbonyl (C=O) groups excluding carboxylic acids is 1. The minimum Gasteiger partial charge on any atom is -0.324 e. The van der Waals surface area contributed by atoms with Crippen molar-refractivity contribution in [2.75, 3.05) is 6.54 Å². The summed E-state index contributed by atoms with van der Waals surface area (Å²) in [6.45, 7) is 0.188. The van der Waals surface area contributed by atoms with Gasteiger partial charge in [-0.1, -0.05) is 30.3 Å². The molecule has 2 heteroatoms. The van der Waals surface area contributed by atoms with Gasteiger partial charge in [0, 0.05) is 5.92 Å². The van der Waals surface area contributed by atoms with Crippen molar-refractivity contribution in [2.45, 2.75) is 12.3 Å². The molecule has 2 nitrogen and oxygen atoms in total. The van der Waals surface area contributed by atoms with E-state index in [4.69, 9.17) is 5.73 Å². The van der Waals surface area contributed by atoms with Gasteiger partial charge >= 0.3 is 0 Å². The molecular formula is C11H13NO. The normalized spacial score (nSPS) is 25.6. The SMILES string of the molecule is NCC(=O)[C@H]1C[C@@H]1c1ccccc1. The Kier molecular flexibility index (Phi) is 2.15. The molecule has 68 valence electrons. The largest absolute Gasteiger partial charge is 0.324 e. The van der Waals surface area contributed by atoms with Gasteiger partial charge in [-0.25, -0.2) is 0 Å². The monoisotopic (exact) mass is 175 g/mol. The number of hydrogen-bond donors (Lipinski definition) is 1. The van der Waals surface area contributed by atoms with Crippen LogP contribution in [0.1, 0.15) is 17.9 Å². The molecule has 2 rings (SSSR count). The molecule has 13 heavy (non-hydrogen) atoms. The molecule has 1 fully saturated rings. The fraction of sp³-hybridized carbons (Fsp3) is 0.364. The average molecular weight is 175 g/mol. The van der Waals surface area contributed by atoms with Crippen molar-refractivity contribution in [1.82, 2.24) is 0 Å². The lowest BCUT2D eigenvalue weighted by molar-refractivity contribution is -0.119. The van der Waals surface area contributed by atoms with Gasteiger partial charge in [-0.15, -0.1) is 0 Å². The van der Waals surface area contributed by atoms with Crippen LogP contribution in [0, 0.1) is 5.92 Å². The molecule has 1 aromatic rings. The first-order chi connectivity index (χ1) is 6.33. The molecule has 0 amide bonds. The molecule has 0 aromatic heterocycles. The van der Waals surface area contributed by atoms with Gasteiger partial charge in [0.2, 0.25) is 0 Å². The van der Waals surface area contributed by atoms with E-state index in [1.807, 2.05) is 18.2 Å². The Morgan fingerprint density at radius 1 is 1.38 bits per heavy atom. The van der Waals surface area contributed by atoms with Crippen molar-refractivity contribution >= 4 is 5.78 Å². The molecule has 1 aliphatic rings. The molecule has 0 saturated heterocycles. The fourth-order valence-electron chi connectivity index (χ4n) is 1.77. The first-order valence-corrected chi connectivity index (χ1v) is 4.60. The van der Waals surface area contributed by atoms with E-state index in [1.165, 1.54) is 5.56 Å². The van der Waals surface area contributed by atoms with E-state index in [1.54, 1.807) is 0 Å². The van der Waals surface area contributed by atoms with E-state index in [0.717, 1.165) is 6.42 Å². The lowest BCUT2D eigenvalue weighted by atomic mass is 10.1. The molecule has 2 N–H and O–H groups in total. The molecule has 0 radical (unpaired) electrons. The average Bonchev–Trinajstić information content (AvgIpc) is 2.98. The van der Waals surface area contributed by atoms with Crippen molar-refractivity contribution in [3.05, 3.63) is 35.9 Å². The van der Waals surface area contributed by atoms with Crippen LogP contribution < -0.4 is 5.73 Å². The molecule has 1 saturated carbocycles. The van der Waals surface area contributed by atoms with Crippen LogP contribution in [0.25, 0.3) is 0 Å². The van der Waals surface area contributed by atoms with Gasteiger partial charge in [0.1, 0.15) is 5.78 Å². The van der Waals surface area contributed by atoms with Crippen molar-refractivity contribution in [1.29, 1.82) is 0 Å². The first-order valence-electron chi connectivity index (χ1n) is 4.60. The molecule has 0 bridgehead atoms. The highest BCUT2D eigenvalue weighted by molar-refractivity contribution is 5.86. The Hall–Kier alpha value is -1.15. The molecule has 0 spiro atoms. The van der Waals surface area contributed by atoms with Crippen LogP contribution in [0.4, 0.5) is 0 Å². The Morgan fingerprint density at radius 3 is 2.69 bits per heavy atom. The standard InChI is InChI=1S/C11H13NO/c12-7-11(13)10-6-9(10)8-4-2-1-3-5-8/h1-5,9-10H,6-7,12H2/t9-,10+/m1/s1. The maximum atomic E-state index is 11.2. The second-order valence-corrected chi connectivity index (χ2v) is 3.53. The van der Waals surface area contributed by atoms with Gasteiger partial charge in [-0.05, 0) is 17.9 Å². The Morgan fingerprint density at radius 2 is 2.08 bits per heavy atom. The zero-order valence-electron chi connectivity index (χ0n) is 7.44. The van der Waals surface area contributed by atoms with Crippen molar-refractivity contribution < 1.29 is 4.79 Å². The van der Waals surface area contributed by atoms with Gasteiger partial charge in [0.15, 0.2) is 0 Å². The highest BCUT2D eigenvalue weighted by Crippen LogP contribution is 2.47. The third kappa shape index (κ3) is 1.63. The molecule has 0 heterocycles. The van der Waals surface area contributed by atoms with Gasteiger partial charge in [-0.2, -0.15) is 0 Å². The summed E-state index contributed by atoms with van der Waals surface area (Å²) in [5.74, 6) is 0.846. The third-order valence-corrected chi connectivity index (χ3v) is 2.63. The lowest BCUT2D eigenvalue weighted by Gasteiger charge is -1.97. The summed E-state index contributed by atoms with van der Waals surface area (Å²) in [6.07, 6.45) is 0.986. The number of rotatable bonds is 3. The number of ketones is 1. The summed E-state index contributed by atoms with van der Waals surface area (Å²) >= 11 is 0. The van der Waals surface area contributed by atoms with Crippen molar-refractivity contribution in [3.8, 4) is 0 Å². The van der Waals surface area contributed by atoms with E-state index in [2.05, 4.69) is 12.1 Å². The number of Topliss-reactive ketones (excluding diaryl/α,β-unsaturated/α-hetero) is 1. The quantitative estimate of drug-likeness (QED) is 0.752. The molecule has 0 unspecified atom stereocenters. The smallest absolute Gasteiger partial charge is 0.150 e. The number of carbonyl (C=O) groups is 1. The summed E-state index contributed by atoms with van der Waals surface area (Å²) in [4.78, 5) is 11.2. The second-order valence-electron chi connectivity index (χ2n) is 3.53. The summed E-state index contributed by atoms with van der Waals surface area (Å²) < 4.78 is 0. The number of benzene rings is 1. The Balaban J connectivity index is 2.04. The lowest BCUT2D eigenvalue weighted by Crippen LogP contribution is -2.15. The third-order valence-electron chi connectivity index (χ3n) is 2.63. The van der Waals surface area contributed by atoms with Crippen LogP contribution in [0.3, 0.4) is 0 Å². The molecular weight excluding hydrogens is 162 g/mol. The second kappa shape index (κ2) is 3.30. The summed E-state index contributed by atoms with van der Waals surface area (Å²) in [6, 6.07) is 10.2. The van der Waals surface area contributed by atoms with Crippen LogP contribution >= 0.6 is 0 Å². The molecule has 2 atom stereocenters. The van der Waals surface area contributed by atoms with Gasteiger partial charge in [0.05, 0.1) is 6.54 Å². The molecule has 1 aliphatic carbocycles. The predicted octanol–water partition coefficient (Wildman–Crippen LogP) is 1.32. The van der Waals surface area contributed by atoms with E-state index < -0.39 is 0 Å². The Labute approximate surface area is 77.8 Å². The zero-order valence-corrected chi connectivity index (χ0v) is 7.44. The minimum absolute atomic E-state index is 0.188. The van der Waals surface area contributed by atoms with Crippen LogP contribution in [0.15, 0.2) is 30.3 Å².